The summed E-state index contributed by atoms with van der Waals surface area (Å²) in [7, 11) is 0. The van der Waals surface area contributed by atoms with Gasteiger partial charge in [0.1, 0.15) is 5.69 Å². The van der Waals surface area contributed by atoms with E-state index in [0.29, 0.717) is 6.07 Å². The van der Waals surface area contributed by atoms with Crippen molar-refractivity contribution in [1.82, 2.24) is 4.98 Å². The molecule has 0 amide bonds. The summed E-state index contributed by atoms with van der Waals surface area (Å²) in [6, 6.07) is 0.554. The first-order chi connectivity index (χ1) is 8.66. The fraction of sp³-hybridized carbons (Fsp3) is 0.400. The second-order valence-corrected chi connectivity index (χ2v) is 3.61. The molecule has 1 aromatic heterocycles. The number of carbonyl (C=O) groups is 1. The maximum absolute atomic E-state index is 12.7. The van der Waals surface area contributed by atoms with Gasteiger partial charge in [-0.2, -0.15) is 13.2 Å². The van der Waals surface area contributed by atoms with Crippen molar-refractivity contribution < 1.29 is 31.9 Å². The third-order valence-corrected chi connectivity index (χ3v) is 2.26. The number of rotatable bonds is 4. The summed E-state index contributed by atoms with van der Waals surface area (Å²) in [6.45, 7) is -0.630. The second-order valence-electron chi connectivity index (χ2n) is 3.61. The van der Waals surface area contributed by atoms with Gasteiger partial charge in [0.15, 0.2) is 0 Å². The second kappa shape index (κ2) is 5.47. The Morgan fingerprint density at radius 1 is 1.42 bits per heavy atom. The quantitative estimate of drug-likeness (QED) is 0.830. The van der Waals surface area contributed by atoms with Crippen molar-refractivity contribution in [3.8, 4) is 0 Å². The lowest BCUT2D eigenvalue weighted by atomic mass is 10.1. The summed E-state index contributed by atoms with van der Waals surface area (Å²) in [5.74, 6) is -1.55. The number of hydrogen-bond acceptors (Lipinski definition) is 3. The van der Waals surface area contributed by atoms with Gasteiger partial charge in [0.05, 0.1) is 12.1 Å². The average molecular weight is 284 g/mol. The monoisotopic (exact) mass is 284 g/mol. The third kappa shape index (κ3) is 3.60. The highest BCUT2D eigenvalue weighted by atomic mass is 19.4. The van der Waals surface area contributed by atoms with Crippen LogP contribution in [0, 0.1) is 0 Å². The molecule has 1 aromatic rings. The van der Waals surface area contributed by atoms with Gasteiger partial charge in [-0.05, 0) is 11.6 Å². The molecule has 0 atom stereocenters. The molecule has 1 rings (SSSR count). The fourth-order valence-electron chi connectivity index (χ4n) is 1.49. The van der Waals surface area contributed by atoms with Crippen LogP contribution in [0.1, 0.15) is 28.9 Å². The van der Waals surface area contributed by atoms with Crippen molar-refractivity contribution in [2.75, 3.05) is 0 Å². The molecule has 4 nitrogen and oxygen atoms in total. The molecular formula is C10H9F5N2O2. The zero-order valence-corrected chi connectivity index (χ0v) is 9.34. The fourth-order valence-corrected chi connectivity index (χ4v) is 1.49. The molecule has 0 saturated heterocycles. The lowest BCUT2D eigenvalue weighted by molar-refractivity contribution is -0.142. The highest BCUT2D eigenvalue weighted by molar-refractivity contribution is 5.70. The third-order valence-electron chi connectivity index (χ3n) is 2.26. The van der Waals surface area contributed by atoms with Crippen LogP contribution in [0.4, 0.5) is 22.0 Å². The van der Waals surface area contributed by atoms with Crippen molar-refractivity contribution >= 4 is 5.97 Å². The van der Waals surface area contributed by atoms with E-state index in [1.54, 1.807) is 0 Å². The van der Waals surface area contributed by atoms with E-state index in [-0.39, 0.29) is 0 Å². The SMILES string of the molecule is NCc1cc(C(F)F)c(CC(=O)O)nc1C(F)(F)F. The van der Waals surface area contributed by atoms with E-state index in [0.717, 1.165) is 0 Å². The molecular weight excluding hydrogens is 275 g/mol. The first-order valence-electron chi connectivity index (χ1n) is 4.96. The topological polar surface area (TPSA) is 76.2 Å². The Kier molecular flexibility index (Phi) is 4.40. The van der Waals surface area contributed by atoms with E-state index in [2.05, 4.69) is 4.98 Å². The van der Waals surface area contributed by atoms with Gasteiger partial charge in [-0.1, -0.05) is 0 Å². The number of halogens is 5. The zero-order chi connectivity index (χ0) is 14.8. The standard InChI is InChI=1S/C10H9F5N2O2/c11-9(12)5-1-4(3-16)8(10(13,14)15)17-6(5)2-7(18)19/h1,9H,2-3,16H2,(H,18,19). The first-order valence-corrected chi connectivity index (χ1v) is 4.96. The molecule has 0 saturated carbocycles. The summed E-state index contributed by atoms with van der Waals surface area (Å²) in [4.78, 5) is 13.5. The molecule has 9 heteroatoms. The maximum Gasteiger partial charge on any atom is 0.433 e. The molecule has 0 aliphatic carbocycles. The Bertz CT molecular complexity index is 488. The first kappa shape index (κ1) is 15.3. The molecule has 0 aliphatic heterocycles. The van der Waals surface area contributed by atoms with Gasteiger partial charge < -0.3 is 10.8 Å². The van der Waals surface area contributed by atoms with Crippen LogP contribution >= 0.6 is 0 Å². The predicted molar refractivity (Wildman–Crippen MR) is 53.4 cm³/mol. The summed E-state index contributed by atoms with van der Waals surface area (Å²) in [5.41, 5.74) is 1.37. The van der Waals surface area contributed by atoms with Gasteiger partial charge in [0.25, 0.3) is 6.43 Å². The largest absolute Gasteiger partial charge is 0.481 e. The number of carboxylic acids is 1. The van der Waals surface area contributed by atoms with Crippen LogP contribution in [-0.2, 0) is 23.9 Å². The molecule has 0 spiro atoms. The Hall–Kier alpha value is -1.77. The van der Waals surface area contributed by atoms with E-state index >= 15 is 0 Å². The van der Waals surface area contributed by atoms with E-state index in [4.69, 9.17) is 10.8 Å². The molecule has 19 heavy (non-hydrogen) atoms. The van der Waals surface area contributed by atoms with Gasteiger partial charge in [-0.3, -0.25) is 4.79 Å². The van der Waals surface area contributed by atoms with Gasteiger partial charge in [0.2, 0.25) is 0 Å². The van der Waals surface area contributed by atoms with Crippen LogP contribution in [0.15, 0.2) is 6.07 Å². The zero-order valence-electron chi connectivity index (χ0n) is 9.34. The van der Waals surface area contributed by atoms with Crippen LogP contribution in [0.5, 0.6) is 0 Å². The average Bonchev–Trinajstić information content (AvgIpc) is 2.26. The number of carboxylic acid groups (broad SMARTS) is 1. The Morgan fingerprint density at radius 3 is 2.37 bits per heavy atom. The maximum atomic E-state index is 12.7. The highest BCUT2D eigenvalue weighted by Crippen LogP contribution is 2.33. The normalized spacial score (nSPS) is 11.9. The number of pyridine rings is 1. The van der Waals surface area contributed by atoms with Gasteiger partial charge in [-0.15, -0.1) is 0 Å². The minimum absolute atomic E-state index is 0.554. The van der Waals surface area contributed by atoms with E-state index in [1.165, 1.54) is 0 Å². The van der Waals surface area contributed by atoms with Crippen molar-refractivity contribution in [3.63, 3.8) is 0 Å². The lowest BCUT2D eigenvalue weighted by Gasteiger charge is -2.15. The Morgan fingerprint density at radius 2 is 2.00 bits per heavy atom. The molecule has 0 aliphatic rings. The molecule has 0 fully saturated rings. The van der Waals surface area contributed by atoms with Gasteiger partial charge >= 0.3 is 12.1 Å². The minimum Gasteiger partial charge on any atom is -0.481 e. The minimum atomic E-state index is -4.89. The summed E-state index contributed by atoms with van der Waals surface area (Å²) in [6.07, 6.45) is -9.04. The van der Waals surface area contributed by atoms with Gasteiger partial charge in [0, 0.05) is 12.1 Å². The highest BCUT2D eigenvalue weighted by Gasteiger charge is 2.36. The van der Waals surface area contributed by atoms with Crippen molar-refractivity contribution in [1.29, 1.82) is 0 Å². The van der Waals surface area contributed by atoms with Crippen molar-refractivity contribution in [3.05, 3.63) is 28.6 Å². The number of hydrogen-bond donors (Lipinski definition) is 2. The molecule has 0 radical (unpaired) electrons. The van der Waals surface area contributed by atoms with Crippen LogP contribution < -0.4 is 5.73 Å². The number of nitrogens with two attached hydrogens (primary N) is 1. The molecule has 1 heterocycles. The van der Waals surface area contributed by atoms with Crippen molar-refractivity contribution in [2.45, 2.75) is 25.6 Å². The van der Waals surface area contributed by atoms with E-state index < -0.39 is 54.1 Å². The van der Waals surface area contributed by atoms with Crippen molar-refractivity contribution in [2.24, 2.45) is 5.73 Å². The number of aliphatic carboxylic acids is 1. The van der Waals surface area contributed by atoms with Crippen LogP contribution in [0.25, 0.3) is 0 Å². The Labute approximate surface area is 104 Å². The number of aromatic nitrogens is 1. The summed E-state index contributed by atoms with van der Waals surface area (Å²) in [5, 5.41) is 8.50. The molecule has 0 unspecified atom stereocenters. The van der Waals surface area contributed by atoms with Crippen LogP contribution in [0.2, 0.25) is 0 Å². The van der Waals surface area contributed by atoms with Crippen LogP contribution in [-0.4, -0.2) is 16.1 Å². The molecule has 3 N–H and O–H groups in total. The molecule has 0 aromatic carbocycles. The summed E-state index contributed by atoms with van der Waals surface area (Å²) >= 11 is 0. The predicted octanol–water partition coefficient (Wildman–Crippen LogP) is 2.12. The lowest BCUT2D eigenvalue weighted by Crippen LogP contribution is -2.18. The van der Waals surface area contributed by atoms with E-state index in [9.17, 15) is 26.7 Å². The Balaban J connectivity index is 3.47. The summed E-state index contributed by atoms with van der Waals surface area (Å²) < 4.78 is 63.2. The number of alkyl halides is 5. The molecule has 106 valence electrons. The van der Waals surface area contributed by atoms with E-state index in [1.807, 2.05) is 0 Å². The van der Waals surface area contributed by atoms with Crippen LogP contribution in [0.3, 0.4) is 0 Å². The van der Waals surface area contributed by atoms with Gasteiger partial charge in [-0.25, -0.2) is 13.8 Å². The molecule has 0 bridgehead atoms. The number of nitrogens with zero attached hydrogens (tertiary/aromatic N) is 1. The smallest absolute Gasteiger partial charge is 0.433 e.